The molecule has 0 radical (unpaired) electrons. The quantitative estimate of drug-likeness (QED) is 0.296. The molecule has 1 saturated heterocycles. The summed E-state index contributed by atoms with van der Waals surface area (Å²) in [5, 5.41) is 2.19. The number of halogens is 1. The second kappa shape index (κ2) is 11.4. The predicted molar refractivity (Wildman–Crippen MR) is 144 cm³/mol. The number of β-lactam (4-membered cyclic amide) rings is 1. The van der Waals surface area contributed by atoms with E-state index in [0.717, 1.165) is 11.1 Å². The number of hydrogen-bond donors (Lipinski definition) is 1. The van der Waals surface area contributed by atoms with Crippen molar-refractivity contribution >= 4 is 41.3 Å². The van der Waals surface area contributed by atoms with E-state index in [1.54, 1.807) is 32.9 Å². The van der Waals surface area contributed by atoms with E-state index in [0.29, 0.717) is 11.3 Å². The number of fused-ring (bicyclic) bond motifs is 1. The lowest BCUT2D eigenvalue weighted by atomic mass is 10.0. The van der Waals surface area contributed by atoms with Gasteiger partial charge in [0, 0.05) is 11.6 Å². The van der Waals surface area contributed by atoms with E-state index in [1.807, 2.05) is 60.7 Å². The van der Waals surface area contributed by atoms with Crippen LogP contribution in [0.1, 0.15) is 38.0 Å². The average molecular weight is 541 g/mol. The number of amides is 2. The lowest BCUT2D eigenvalue weighted by Crippen LogP contribution is -2.70. The number of ether oxygens (including phenoxy) is 2. The Morgan fingerprint density at radius 2 is 1.70 bits per heavy atom. The fourth-order valence-corrected chi connectivity index (χ4v) is 5.54. The van der Waals surface area contributed by atoms with Gasteiger partial charge in [-0.2, -0.15) is 0 Å². The Hall–Kier alpha value is -3.23. The molecule has 2 amide bonds. The first-order valence-electron chi connectivity index (χ1n) is 11.9. The van der Waals surface area contributed by atoms with Crippen LogP contribution in [0.4, 0.5) is 4.79 Å². The average Bonchev–Trinajstić information content (AvgIpc) is 2.88. The smallest absolute Gasteiger partial charge is 0.408 e. The van der Waals surface area contributed by atoms with E-state index in [1.165, 1.54) is 16.7 Å². The Bertz CT molecular complexity index is 1170. The maximum atomic E-state index is 13.7. The Labute approximate surface area is 225 Å². The topological polar surface area (TPSA) is 84.9 Å². The van der Waals surface area contributed by atoms with Crippen molar-refractivity contribution in [1.29, 1.82) is 0 Å². The molecule has 2 aromatic rings. The Kier molecular flexibility index (Phi) is 8.29. The highest BCUT2D eigenvalue weighted by Gasteiger charge is 2.54. The summed E-state index contributed by atoms with van der Waals surface area (Å²) in [5.74, 6) is -0.322. The van der Waals surface area contributed by atoms with Gasteiger partial charge in [0.2, 0.25) is 0 Å². The Morgan fingerprint density at radius 3 is 2.24 bits per heavy atom. The number of allylic oxidation sites excluding steroid dienone is 2. The molecule has 2 aliphatic heterocycles. The molecule has 0 aromatic heterocycles. The van der Waals surface area contributed by atoms with Gasteiger partial charge in [0.15, 0.2) is 6.10 Å². The fourth-order valence-electron chi connectivity index (χ4n) is 4.13. The third-order valence-electron chi connectivity index (χ3n) is 5.70. The van der Waals surface area contributed by atoms with Crippen LogP contribution in [-0.4, -0.2) is 51.5 Å². The lowest BCUT2D eigenvalue weighted by molar-refractivity contribution is -0.153. The number of hydrogen-bond acceptors (Lipinski definition) is 6. The molecular weight excluding hydrogens is 512 g/mol. The second-order valence-electron chi connectivity index (χ2n) is 9.57. The van der Waals surface area contributed by atoms with Gasteiger partial charge in [0.05, 0.1) is 0 Å². The normalized spacial score (nSPS) is 19.5. The molecule has 194 valence electrons. The van der Waals surface area contributed by atoms with Gasteiger partial charge < -0.3 is 14.8 Å². The highest BCUT2D eigenvalue weighted by Crippen LogP contribution is 2.42. The molecule has 0 aliphatic carbocycles. The number of nitrogens with zero attached hydrogens (tertiary/aromatic N) is 1. The largest absolute Gasteiger partial charge is 0.448 e. The van der Waals surface area contributed by atoms with Crippen molar-refractivity contribution in [3.8, 4) is 0 Å². The van der Waals surface area contributed by atoms with Crippen molar-refractivity contribution in [2.45, 2.75) is 43.9 Å². The van der Waals surface area contributed by atoms with Crippen molar-refractivity contribution in [2.75, 3.05) is 11.6 Å². The van der Waals surface area contributed by atoms with E-state index in [2.05, 4.69) is 5.32 Å². The number of carbonyl (C=O) groups is 3. The van der Waals surface area contributed by atoms with E-state index in [-0.39, 0.29) is 11.6 Å². The lowest BCUT2D eigenvalue weighted by Gasteiger charge is -2.49. The van der Waals surface area contributed by atoms with Crippen molar-refractivity contribution in [1.82, 2.24) is 10.2 Å². The minimum atomic E-state index is -0.805. The van der Waals surface area contributed by atoms with Crippen LogP contribution in [0.2, 0.25) is 0 Å². The number of rotatable bonds is 7. The van der Waals surface area contributed by atoms with E-state index < -0.39 is 41.1 Å². The van der Waals surface area contributed by atoms with Crippen molar-refractivity contribution in [3.05, 3.63) is 95.2 Å². The van der Waals surface area contributed by atoms with Gasteiger partial charge in [-0.15, -0.1) is 23.4 Å². The zero-order valence-electron chi connectivity index (χ0n) is 20.8. The molecule has 1 N–H and O–H groups in total. The summed E-state index contributed by atoms with van der Waals surface area (Å²) in [5.41, 5.74) is 1.71. The summed E-state index contributed by atoms with van der Waals surface area (Å²) in [7, 11) is 0. The zero-order chi connectivity index (χ0) is 26.6. The number of alkyl halides is 1. The molecule has 1 unspecified atom stereocenters. The minimum absolute atomic E-state index is 0.161. The highest BCUT2D eigenvalue weighted by molar-refractivity contribution is 8.00. The number of benzene rings is 2. The van der Waals surface area contributed by atoms with Crippen LogP contribution in [0.25, 0.3) is 0 Å². The summed E-state index contributed by atoms with van der Waals surface area (Å²) in [6.07, 6.45) is 2.12. The van der Waals surface area contributed by atoms with E-state index in [9.17, 15) is 14.4 Å². The first-order valence-corrected chi connectivity index (χ1v) is 13.5. The van der Waals surface area contributed by atoms with Gasteiger partial charge in [0.25, 0.3) is 5.91 Å². The Balaban J connectivity index is 1.62. The molecule has 0 bridgehead atoms. The van der Waals surface area contributed by atoms with E-state index >= 15 is 0 Å². The molecule has 9 heteroatoms. The van der Waals surface area contributed by atoms with Crippen molar-refractivity contribution in [2.24, 2.45) is 0 Å². The molecule has 4 rings (SSSR count). The minimum Gasteiger partial charge on any atom is -0.448 e. The molecule has 0 saturated carbocycles. The standard InChI is InChI=1S/C28H29ClN2O5S/c1-28(2,3)36-27(34)30-21-24(32)31-22(20(15-10-16-29)17-37-25(21)31)26(33)35-23(18-11-6-4-7-12-18)19-13-8-5-9-14-19/h4-15,21,23,25H,16-17H2,1-3H3,(H,30,34)/t21?,25-/m0/s1. The molecule has 2 atom stereocenters. The van der Waals surface area contributed by atoms with Gasteiger partial charge in [-0.1, -0.05) is 72.8 Å². The van der Waals surface area contributed by atoms with Crippen molar-refractivity contribution < 1.29 is 23.9 Å². The van der Waals surface area contributed by atoms with Crippen molar-refractivity contribution in [3.63, 3.8) is 0 Å². The summed E-state index contributed by atoms with van der Waals surface area (Å²) in [4.78, 5) is 40.6. The maximum absolute atomic E-state index is 13.7. The fraction of sp³-hybridized carbons (Fsp3) is 0.321. The van der Waals surface area contributed by atoms with Crippen LogP contribution in [0, 0.1) is 0 Å². The maximum Gasteiger partial charge on any atom is 0.408 e. The zero-order valence-corrected chi connectivity index (χ0v) is 22.4. The first kappa shape index (κ1) is 26.8. The molecule has 0 spiro atoms. The number of thioether (sulfide) groups is 1. The summed E-state index contributed by atoms with van der Waals surface area (Å²) >= 11 is 7.31. The second-order valence-corrected chi connectivity index (χ2v) is 11.0. The van der Waals surface area contributed by atoms with Crippen LogP contribution in [0.15, 0.2) is 84.1 Å². The molecule has 2 aliphatic rings. The molecule has 37 heavy (non-hydrogen) atoms. The third-order valence-corrected chi connectivity index (χ3v) is 7.18. The number of esters is 1. The molecule has 7 nitrogen and oxygen atoms in total. The molecule has 2 aromatic carbocycles. The number of alkyl carbamates (subject to hydrolysis) is 1. The number of carbonyl (C=O) groups excluding carboxylic acids is 3. The first-order chi connectivity index (χ1) is 17.7. The predicted octanol–water partition coefficient (Wildman–Crippen LogP) is 5.18. The third kappa shape index (κ3) is 6.19. The summed E-state index contributed by atoms with van der Waals surface area (Å²) < 4.78 is 11.4. The highest BCUT2D eigenvalue weighted by atomic mass is 35.5. The molecule has 2 heterocycles. The van der Waals surface area contributed by atoms with Gasteiger partial charge in [0.1, 0.15) is 22.7 Å². The summed E-state index contributed by atoms with van der Waals surface area (Å²) in [6.45, 7) is 5.25. The van der Waals surface area contributed by atoms with Gasteiger partial charge in [-0.05, 0) is 37.5 Å². The Morgan fingerprint density at radius 1 is 1.11 bits per heavy atom. The van der Waals surface area contributed by atoms with Crippen LogP contribution >= 0.6 is 23.4 Å². The number of nitrogens with one attached hydrogen (secondary N) is 1. The SMILES string of the molecule is CC(C)(C)OC(=O)NC1C(=O)N2C(C(=O)OC(c3ccccc3)c3ccccc3)=C(C=CCCl)CS[C@@H]12. The molecular formula is C28H29ClN2O5S. The summed E-state index contributed by atoms with van der Waals surface area (Å²) in [6, 6.07) is 18.1. The monoisotopic (exact) mass is 540 g/mol. The van der Waals surface area contributed by atoms with Gasteiger partial charge >= 0.3 is 12.1 Å². The van der Waals surface area contributed by atoms with E-state index in [4.69, 9.17) is 21.1 Å². The van der Waals surface area contributed by atoms with Crippen LogP contribution in [0.5, 0.6) is 0 Å². The molecule has 1 fully saturated rings. The van der Waals surface area contributed by atoms with Gasteiger partial charge in [-0.3, -0.25) is 9.69 Å². The van der Waals surface area contributed by atoms with Gasteiger partial charge in [-0.25, -0.2) is 9.59 Å². The van der Waals surface area contributed by atoms with Crippen LogP contribution in [0.3, 0.4) is 0 Å². The van der Waals surface area contributed by atoms with Crippen LogP contribution in [-0.2, 0) is 19.1 Å². The van der Waals surface area contributed by atoms with Crippen LogP contribution < -0.4 is 5.32 Å².